The van der Waals surface area contributed by atoms with Crippen LogP contribution in [-0.2, 0) is 17.3 Å². The lowest BCUT2D eigenvalue weighted by Crippen LogP contribution is -2.40. The number of nitrogens with zero attached hydrogens (tertiary/aromatic N) is 1. The molecule has 1 rings (SSSR count). The van der Waals surface area contributed by atoms with Gasteiger partial charge in [-0.25, -0.2) is 0 Å². The minimum atomic E-state index is -0.878. The van der Waals surface area contributed by atoms with E-state index in [9.17, 15) is 4.21 Å². The van der Waals surface area contributed by atoms with E-state index in [1.165, 1.54) is 0 Å². The molecule has 6 heteroatoms. The molecule has 24 heavy (non-hydrogen) atoms. The Bertz CT molecular complexity index is 580. The molecule has 1 aromatic carbocycles. The van der Waals surface area contributed by atoms with E-state index in [-0.39, 0.29) is 4.75 Å². The number of guanidine groups is 1. The zero-order chi connectivity index (χ0) is 18.0. The van der Waals surface area contributed by atoms with Crippen LogP contribution in [-0.4, -0.2) is 40.9 Å². The SMILES string of the molecule is C=CCOc1ccccc1CNC(=NC)NCCS(=O)C(C)(C)C. The van der Waals surface area contributed by atoms with Crippen molar-refractivity contribution in [1.82, 2.24) is 10.6 Å². The zero-order valence-electron chi connectivity index (χ0n) is 15.1. The fourth-order valence-electron chi connectivity index (χ4n) is 1.91. The Kier molecular flexibility index (Phi) is 8.54. The van der Waals surface area contributed by atoms with Gasteiger partial charge in [0.25, 0.3) is 0 Å². The van der Waals surface area contributed by atoms with E-state index in [4.69, 9.17) is 4.74 Å². The number of nitrogens with one attached hydrogen (secondary N) is 2. The Labute approximate surface area is 148 Å². The van der Waals surface area contributed by atoms with Gasteiger partial charge in [-0.2, -0.15) is 0 Å². The molecule has 134 valence electrons. The molecule has 0 aliphatic rings. The lowest BCUT2D eigenvalue weighted by Gasteiger charge is -2.18. The fourth-order valence-corrected chi connectivity index (χ4v) is 2.81. The molecule has 0 aliphatic carbocycles. The number of benzene rings is 1. The highest BCUT2D eigenvalue weighted by molar-refractivity contribution is 7.86. The standard InChI is InChI=1S/C18H29N3O2S/c1-6-12-23-16-10-8-7-9-15(16)14-21-17(19-5)20-11-13-24(22)18(2,3)4/h6-10H,1,11-14H2,2-5H3,(H2,19,20,21). The Hall–Kier alpha value is -1.82. The molecule has 0 amide bonds. The second-order valence-corrected chi connectivity index (χ2v) is 8.55. The van der Waals surface area contributed by atoms with Crippen LogP contribution in [0.1, 0.15) is 26.3 Å². The summed E-state index contributed by atoms with van der Waals surface area (Å²) in [4.78, 5) is 4.19. The van der Waals surface area contributed by atoms with Gasteiger partial charge in [-0.15, -0.1) is 0 Å². The molecule has 5 nitrogen and oxygen atoms in total. The average molecular weight is 352 g/mol. The highest BCUT2D eigenvalue weighted by atomic mass is 32.2. The third kappa shape index (κ3) is 7.17. The zero-order valence-corrected chi connectivity index (χ0v) is 15.9. The maximum absolute atomic E-state index is 12.0. The molecule has 0 aliphatic heterocycles. The first-order valence-electron chi connectivity index (χ1n) is 8.03. The number of ether oxygens (including phenoxy) is 1. The summed E-state index contributed by atoms with van der Waals surface area (Å²) in [5.74, 6) is 2.09. The van der Waals surface area contributed by atoms with Crippen molar-refractivity contribution in [2.45, 2.75) is 32.1 Å². The van der Waals surface area contributed by atoms with E-state index in [2.05, 4.69) is 22.2 Å². The van der Waals surface area contributed by atoms with Crippen LogP contribution in [0, 0.1) is 0 Å². The van der Waals surface area contributed by atoms with Crippen molar-refractivity contribution in [2.24, 2.45) is 4.99 Å². The minimum Gasteiger partial charge on any atom is -0.489 e. The van der Waals surface area contributed by atoms with Crippen LogP contribution in [0.15, 0.2) is 41.9 Å². The second-order valence-electron chi connectivity index (χ2n) is 6.22. The number of hydrogen-bond donors (Lipinski definition) is 2. The third-order valence-corrected chi connectivity index (χ3v) is 5.20. The molecule has 0 aromatic heterocycles. The van der Waals surface area contributed by atoms with Gasteiger partial charge in [0, 0.05) is 47.0 Å². The van der Waals surface area contributed by atoms with Gasteiger partial charge in [-0.3, -0.25) is 9.20 Å². The molecular formula is C18H29N3O2S. The van der Waals surface area contributed by atoms with Gasteiger partial charge in [0.15, 0.2) is 5.96 Å². The Balaban J connectivity index is 2.50. The monoisotopic (exact) mass is 351 g/mol. The first-order valence-corrected chi connectivity index (χ1v) is 9.35. The van der Waals surface area contributed by atoms with Crippen LogP contribution < -0.4 is 15.4 Å². The highest BCUT2D eigenvalue weighted by Gasteiger charge is 2.18. The van der Waals surface area contributed by atoms with Gasteiger partial charge >= 0.3 is 0 Å². The van der Waals surface area contributed by atoms with Crippen LogP contribution in [0.2, 0.25) is 0 Å². The molecule has 1 atom stereocenters. The first-order chi connectivity index (χ1) is 11.4. The summed E-state index contributed by atoms with van der Waals surface area (Å²) in [6, 6.07) is 7.85. The number of hydrogen-bond acceptors (Lipinski definition) is 3. The molecule has 1 aromatic rings. The van der Waals surface area contributed by atoms with E-state index in [0.717, 1.165) is 11.3 Å². The molecule has 0 fully saturated rings. The normalized spacial score (nSPS) is 13.2. The molecular weight excluding hydrogens is 322 g/mol. The van der Waals surface area contributed by atoms with E-state index in [1.807, 2.05) is 45.0 Å². The van der Waals surface area contributed by atoms with E-state index < -0.39 is 10.8 Å². The Morgan fingerprint density at radius 3 is 2.67 bits per heavy atom. The lowest BCUT2D eigenvalue weighted by molar-refractivity contribution is 0.358. The smallest absolute Gasteiger partial charge is 0.191 e. The van der Waals surface area contributed by atoms with Crippen molar-refractivity contribution >= 4 is 16.8 Å². The van der Waals surface area contributed by atoms with E-state index in [0.29, 0.717) is 31.4 Å². The quantitative estimate of drug-likeness (QED) is 0.429. The summed E-state index contributed by atoms with van der Waals surface area (Å²) in [6.07, 6.45) is 1.72. The highest BCUT2D eigenvalue weighted by Crippen LogP contribution is 2.17. The summed E-state index contributed by atoms with van der Waals surface area (Å²) in [5.41, 5.74) is 1.04. The Morgan fingerprint density at radius 2 is 2.04 bits per heavy atom. The topological polar surface area (TPSA) is 62.7 Å². The van der Waals surface area contributed by atoms with E-state index in [1.54, 1.807) is 13.1 Å². The number of rotatable bonds is 8. The molecule has 0 saturated heterocycles. The molecule has 0 bridgehead atoms. The molecule has 0 saturated carbocycles. The van der Waals surface area contributed by atoms with Gasteiger partial charge in [-0.05, 0) is 26.8 Å². The maximum Gasteiger partial charge on any atom is 0.191 e. The first kappa shape index (κ1) is 20.2. The average Bonchev–Trinajstić information content (AvgIpc) is 2.55. The minimum absolute atomic E-state index is 0.194. The van der Waals surface area contributed by atoms with E-state index >= 15 is 0 Å². The van der Waals surface area contributed by atoms with Crippen molar-refractivity contribution in [3.63, 3.8) is 0 Å². The van der Waals surface area contributed by atoms with Crippen LogP contribution in [0.4, 0.5) is 0 Å². The van der Waals surface area contributed by atoms with Crippen molar-refractivity contribution in [3.8, 4) is 5.75 Å². The molecule has 0 radical (unpaired) electrons. The predicted molar refractivity (Wildman–Crippen MR) is 103 cm³/mol. The van der Waals surface area contributed by atoms with Crippen molar-refractivity contribution in [2.75, 3.05) is 26.0 Å². The lowest BCUT2D eigenvalue weighted by atomic mass is 10.2. The molecule has 0 spiro atoms. The van der Waals surface area contributed by atoms with Gasteiger partial charge in [0.1, 0.15) is 12.4 Å². The fraction of sp³-hybridized carbons (Fsp3) is 0.500. The second kappa shape index (κ2) is 10.1. The molecule has 1 unspecified atom stereocenters. The van der Waals surface area contributed by atoms with Gasteiger partial charge in [-0.1, -0.05) is 30.9 Å². The van der Waals surface area contributed by atoms with Crippen molar-refractivity contribution in [1.29, 1.82) is 0 Å². The van der Waals surface area contributed by atoms with Crippen LogP contribution in [0.5, 0.6) is 5.75 Å². The van der Waals surface area contributed by atoms with Crippen molar-refractivity contribution in [3.05, 3.63) is 42.5 Å². The molecule has 0 heterocycles. The third-order valence-electron chi connectivity index (χ3n) is 3.26. The Morgan fingerprint density at radius 1 is 1.33 bits per heavy atom. The summed E-state index contributed by atoms with van der Waals surface area (Å²) < 4.78 is 17.5. The van der Waals surface area contributed by atoms with Crippen LogP contribution in [0.3, 0.4) is 0 Å². The number of aliphatic imine (C=N–C) groups is 1. The largest absolute Gasteiger partial charge is 0.489 e. The predicted octanol–water partition coefficient (Wildman–Crippen LogP) is 2.46. The maximum atomic E-state index is 12.0. The number of para-hydroxylation sites is 1. The van der Waals surface area contributed by atoms with Crippen molar-refractivity contribution < 1.29 is 8.95 Å². The van der Waals surface area contributed by atoms with Gasteiger partial charge in [0.2, 0.25) is 0 Å². The van der Waals surface area contributed by atoms with Gasteiger partial charge in [0.05, 0.1) is 0 Å². The molecule has 2 N–H and O–H groups in total. The summed E-state index contributed by atoms with van der Waals surface area (Å²) in [6.45, 7) is 11.3. The van der Waals surface area contributed by atoms with Crippen LogP contribution >= 0.6 is 0 Å². The van der Waals surface area contributed by atoms with Crippen LogP contribution in [0.25, 0.3) is 0 Å². The van der Waals surface area contributed by atoms with Gasteiger partial charge < -0.3 is 15.4 Å². The summed E-state index contributed by atoms with van der Waals surface area (Å²) in [5, 5.41) is 6.44. The summed E-state index contributed by atoms with van der Waals surface area (Å²) >= 11 is 0. The summed E-state index contributed by atoms with van der Waals surface area (Å²) in [7, 11) is 0.841.